The van der Waals surface area contributed by atoms with Gasteiger partial charge in [0.05, 0.1) is 34.8 Å². The van der Waals surface area contributed by atoms with Crippen molar-refractivity contribution in [3.05, 3.63) is 61.6 Å². The van der Waals surface area contributed by atoms with Gasteiger partial charge < -0.3 is 14.4 Å². The van der Waals surface area contributed by atoms with E-state index >= 15 is 0 Å². The van der Waals surface area contributed by atoms with E-state index in [0.29, 0.717) is 48.1 Å². The maximum Gasteiger partial charge on any atom is 0.286 e. The first-order valence-corrected chi connectivity index (χ1v) is 10.8. The summed E-state index contributed by atoms with van der Waals surface area (Å²) in [5.41, 5.74) is 0.0362. The van der Waals surface area contributed by atoms with Crippen LogP contribution >= 0.6 is 23.2 Å². The lowest BCUT2D eigenvalue weighted by Crippen LogP contribution is -2.40. The largest absolute Gasteiger partial charge is 0.493 e. The molecule has 3 rings (SSSR count). The summed E-state index contributed by atoms with van der Waals surface area (Å²) in [6.07, 6.45) is 0.875. The number of nitrogens with zero attached hydrogens (tertiary/aromatic N) is 2. The van der Waals surface area contributed by atoms with Crippen LogP contribution in [0.4, 0.5) is 5.69 Å². The third kappa shape index (κ3) is 4.97. The van der Waals surface area contributed by atoms with Crippen LogP contribution < -0.4 is 9.47 Å². The summed E-state index contributed by atoms with van der Waals surface area (Å²) in [7, 11) is 1.37. The summed E-state index contributed by atoms with van der Waals surface area (Å²) in [5, 5.41) is 12.2. The van der Waals surface area contributed by atoms with Crippen LogP contribution in [0.2, 0.25) is 10.0 Å². The molecule has 0 N–H and O–H groups in total. The van der Waals surface area contributed by atoms with Gasteiger partial charge in [0.2, 0.25) is 0 Å². The van der Waals surface area contributed by atoms with Crippen molar-refractivity contribution in [3.63, 3.8) is 0 Å². The fourth-order valence-corrected chi connectivity index (χ4v) is 4.00. The van der Waals surface area contributed by atoms with Crippen LogP contribution in [0.25, 0.3) is 0 Å². The van der Waals surface area contributed by atoms with Crippen molar-refractivity contribution in [2.45, 2.75) is 19.8 Å². The number of piperidine rings is 1. The average Bonchev–Trinajstić information content (AvgIpc) is 2.79. The third-order valence-corrected chi connectivity index (χ3v) is 6.11. The lowest BCUT2D eigenvalue weighted by atomic mass is 9.88. The number of amides is 1. The van der Waals surface area contributed by atoms with E-state index in [0.717, 1.165) is 0 Å². The van der Waals surface area contributed by atoms with Crippen molar-refractivity contribution in [3.8, 4) is 11.5 Å². The maximum absolute atomic E-state index is 13.1. The van der Waals surface area contributed by atoms with E-state index < -0.39 is 10.8 Å². The fourth-order valence-electron chi connectivity index (χ4n) is 3.70. The van der Waals surface area contributed by atoms with Gasteiger partial charge in [-0.05, 0) is 38.0 Å². The Bertz CT molecular complexity index is 1050. The number of nitro benzene ring substituents is 1. The first kappa shape index (κ1) is 23.8. The van der Waals surface area contributed by atoms with Crippen LogP contribution in [-0.2, 0) is 0 Å². The van der Waals surface area contributed by atoms with E-state index in [-0.39, 0.29) is 34.5 Å². The normalized spacial score (nSPS) is 14.2. The number of halogens is 2. The quantitative estimate of drug-likeness (QED) is 0.312. The van der Waals surface area contributed by atoms with Crippen molar-refractivity contribution < 1.29 is 24.0 Å². The molecular formula is C22H22Cl2N2O6. The number of benzene rings is 2. The van der Waals surface area contributed by atoms with Gasteiger partial charge >= 0.3 is 0 Å². The molecule has 1 aliphatic rings. The molecule has 170 valence electrons. The number of hydrogen-bond donors (Lipinski definition) is 0. The first-order chi connectivity index (χ1) is 15.3. The summed E-state index contributed by atoms with van der Waals surface area (Å²) in [4.78, 5) is 38.4. The number of ketones is 1. The number of rotatable bonds is 7. The second kappa shape index (κ2) is 10.2. The minimum Gasteiger partial charge on any atom is -0.493 e. The average molecular weight is 481 g/mol. The molecule has 8 nitrogen and oxygen atoms in total. The SMILES string of the molecule is CCOc1cc(C(=O)N2CCC(C(=O)c3ccc(Cl)c(Cl)c3)CC2)c([N+](=O)[O-])cc1OC. The second-order valence-corrected chi connectivity index (χ2v) is 8.08. The van der Waals surface area contributed by atoms with E-state index in [4.69, 9.17) is 32.7 Å². The van der Waals surface area contributed by atoms with E-state index in [2.05, 4.69) is 0 Å². The number of likely N-dealkylation sites (tertiary alicyclic amines) is 1. The molecule has 0 radical (unpaired) electrons. The van der Waals surface area contributed by atoms with Crippen LogP contribution in [0.5, 0.6) is 11.5 Å². The standard InChI is InChI=1S/C22H22Cl2N2O6/c1-3-32-20-11-15(18(26(29)30)12-19(20)31-2)22(28)25-8-6-13(7-9-25)21(27)14-4-5-16(23)17(24)10-14/h4-5,10-13H,3,6-9H2,1-2H3. The smallest absolute Gasteiger partial charge is 0.286 e. The summed E-state index contributed by atoms with van der Waals surface area (Å²) >= 11 is 11.9. The van der Waals surface area contributed by atoms with Gasteiger partial charge in [-0.25, -0.2) is 0 Å². The monoisotopic (exact) mass is 480 g/mol. The first-order valence-electron chi connectivity index (χ1n) is 10.0. The van der Waals surface area contributed by atoms with E-state index in [1.807, 2.05) is 0 Å². The molecule has 2 aromatic carbocycles. The van der Waals surface area contributed by atoms with E-state index in [9.17, 15) is 19.7 Å². The molecule has 2 aromatic rings. The lowest BCUT2D eigenvalue weighted by molar-refractivity contribution is -0.385. The number of Topliss-reactive ketones (excluding diaryl/α,β-unsaturated/α-hetero) is 1. The highest BCUT2D eigenvalue weighted by Gasteiger charge is 2.32. The zero-order valence-electron chi connectivity index (χ0n) is 17.6. The Hall–Kier alpha value is -2.84. The van der Waals surface area contributed by atoms with Gasteiger partial charge in [0, 0.05) is 30.6 Å². The van der Waals surface area contributed by atoms with Gasteiger partial charge in [0.15, 0.2) is 17.3 Å². The molecular weight excluding hydrogens is 459 g/mol. The Balaban J connectivity index is 1.77. The highest BCUT2D eigenvalue weighted by atomic mass is 35.5. The number of nitro groups is 1. The summed E-state index contributed by atoms with van der Waals surface area (Å²) in [6.45, 7) is 2.66. The number of carbonyl (C=O) groups is 2. The van der Waals surface area contributed by atoms with Crippen LogP contribution in [0, 0.1) is 16.0 Å². The molecule has 1 saturated heterocycles. The predicted octanol–water partition coefficient (Wildman–Crippen LogP) is 5.04. The molecule has 10 heteroatoms. The van der Waals surface area contributed by atoms with Crippen LogP contribution in [0.3, 0.4) is 0 Å². The van der Waals surface area contributed by atoms with Crippen molar-refractivity contribution in [1.29, 1.82) is 0 Å². The third-order valence-electron chi connectivity index (χ3n) is 5.37. The minimum absolute atomic E-state index is 0.0651. The van der Waals surface area contributed by atoms with Crippen molar-refractivity contribution >= 4 is 40.6 Å². The number of hydrogen-bond acceptors (Lipinski definition) is 6. The van der Waals surface area contributed by atoms with Gasteiger partial charge in [0.25, 0.3) is 11.6 Å². The van der Waals surface area contributed by atoms with Gasteiger partial charge in [-0.3, -0.25) is 19.7 Å². The number of methoxy groups -OCH3 is 1. The molecule has 0 aliphatic carbocycles. The van der Waals surface area contributed by atoms with Crippen molar-refractivity contribution in [2.75, 3.05) is 26.8 Å². The van der Waals surface area contributed by atoms with Crippen LogP contribution in [0.1, 0.15) is 40.5 Å². The highest BCUT2D eigenvalue weighted by molar-refractivity contribution is 6.42. The molecule has 1 heterocycles. The molecule has 1 aliphatic heterocycles. The van der Waals surface area contributed by atoms with Gasteiger partial charge in [-0.1, -0.05) is 23.2 Å². The molecule has 1 fully saturated rings. The number of carbonyl (C=O) groups excluding carboxylic acids is 2. The lowest BCUT2D eigenvalue weighted by Gasteiger charge is -2.31. The molecule has 0 saturated carbocycles. The molecule has 32 heavy (non-hydrogen) atoms. The maximum atomic E-state index is 13.1. The zero-order chi connectivity index (χ0) is 23.4. The molecule has 0 spiro atoms. The fraction of sp³-hybridized carbons (Fsp3) is 0.364. The predicted molar refractivity (Wildman–Crippen MR) is 120 cm³/mol. The Labute approximate surface area is 195 Å². The Morgan fingerprint density at radius 3 is 2.38 bits per heavy atom. The van der Waals surface area contributed by atoms with Gasteiger partial charge in [0.1, 0.15) is 5.56 Å². The van der Waals surface area contributed by atoms with Crippen molar-refractivity contribution in [2.24, 2.45) is 5.92 Å². The minimum atomic E-state index is -0.619. The van der Waals surface area contributed by atoms with E-state index in [1.54, 1.807) is 25.1 Å². The summed E-state index contributed by atoms with van der Waals surface area (Å²) in [5.74, 6) is -0.388. The molecule has 0 aromatic heterocycles. The zero-order valence-corrected chi connectivity index (χ0v) is 19.1. The van der Waals surface area contributed by atoms with Crippen LogP contribution in [-0.4, -0.2) is 48.3 Å². The summed E-state index contributed by atoms with van der Waals surface area (Å²) in [6, 6.07) is 7.28. The Morgan fingerprint density at radius 2 is 1.81 bits per heavy atom. The van der Waals surface area contributed by atoms with Crippen molar-refractivity contribution in [1.82, 2.24) is 4.90 Å². The molecule has 0 unspecified atom stereocenters. The van der Waals surface area contributed by atoms with E-state index in [1.165, 1.54) is 24.1 Å². The number of ether oxygens (including phenoxy) is 2. The van der Waals surface area contributed by atoms with Gasteiger partial charge in [-0.2, -0.15) is 0 Å². The van der Waals surface area contributed by atoms with Crippen LogP contribution in [0.15, 0.2) is 30.3 Å². The Kier molecular flexibility index (Phi) is 7.58. The second-order valence-electron chi connectivity index (χ2n) is 7.27. The molecule has 1 amide bonds. The Morgan fingerprint density at radius 1 is 1.12 bits per heavy atom. The van der Waals surface area contributed by atoms with Gasteiger partial charge in [-0.15, -0.1) is 0 Å². The summed E-state index contributed by atoms with van der Waals surface area (Å²) < 4.78 is 10.6. The molecule has 0 atom stereocenters. The highest BCUT2D eigenvalue weighted by Crippen LogP contribution is 2.36. The molecule has 0 bridgehead atoms. The topological polar surface area (TPSA) is 99.0 Å².